The van der Waals surface area contributed by atoms with E-state index in [0.717, 1.165) is 24.8 Å². The molecule has 0 aromatic heterocycles. The molecule has 1 N–H and O–H groups in total. The molecule has 0 spiro atoms. The Labute approximate surface area is 103 Å². The van der Waals surface area contributed by atoms with Gasteiger partial charge < -0.3 is 5.11 Å². The van der Waals surface area contributed by atoms with Gasteiger partial charge in [0, 0.05) is 0 Å². The Morgan fingerprint density at radius 3 is 2.82 bits per heavy atom. The summed E-state index contributed by atoms with van der Waals surface area (Å²) in [5, 5.41) is 10.2. The molecule has 0 heterocycles. The van der Waals surface area contributed by atoms with Crippen LogP contribution >= 0.6 is 0 Å². The van der Waals surface area contributed by atoms with Gasteiger partial charge in [-0.25, -0.2) is 4.39 Å². The number of allylic oxidation sites excluding steroid dienone is 3. The molecule has 2 rings (SSSR count). The first kappa shape index (κ1) is 12.6. The van der Waals surface area contributed by atoms with Crippen molar-refractivity contribution in [2.75, 3.05) is 0 Å². The molecule has 0 bridgehead atoms. The van der Waals surface area contributed by atoms with E-state index in [1.54, 1.807) is 0 Å². The van der Waals surface area contributed by atoms with Crippen molar-refractivity contribution in [2.45, 2.75) is 51.3 Å². The van der Waals surface area contributed by atoms with Crippen molar-refractivity contribution in [3.05, 3.63) is 35.5 Å². The quantitative estimate of drug-likeness (QED) is 0.725. The monoisotopic (exact) mass is 236 g/mol. The topological polar surface area (TPSA) is 20.2 Å². The third-order valence-corrected chi connectivity index (χ3v) is 3.91. The van der Waals surface area contributed by atoms with E-state index in [-0.39, 0.29) is 0 Å². The van der Waals surface area contributed by atoms with Gasteiger partial charge in [0.15, 0.2) is 0 Å². The zero-order chi connectivity index (χ0) is 12.4. The molecule has 2 unspecified atom stereocenters. The summed E-state index contributed by atoms with van der Waals surface area (Å²) < 4.78 is 13.1. The molecule has 0 radical (unpaired) electrons. The van der Waals surface area contributed by atoms with Gasteiger partial charge in [0.05, 0.1) is 6.10 Å². The Balaban J connectivity index is 2.22. The number of aliphatic hydroxyl groups excluding tert-OH is 1. The summed E-state index contributed by atoms with van der Waals surface area (Å²) >= 11 is 0. The van der Waals surface area contributed by atoms with Crippen LogP contribution in [0.25, 0.3) is 0 Å². The van der Waals surface area contributed by atoms with Crippen molar-refractivity contribution in [1.82, 2.24) is 0 Å². The minimum atomic E-state index is -0.693. The van der Waals surface area contributed by atoms with Crippen molar-refractivity contribution in [3.8, 4) is 0 Å². The Hall–Kier alpha value is -0.890. The highest BCUT2D eigenvalue weighted by Gasteiger charge is 2.28. The van der Waals surface area contributed by atoms with Crippen LogP contribution in [0, 0.1) is 5.92 Å². The second-order valence-corrected chi connectivity index (χ2v) is 5.25. The second kappa shape index (κ2) is 5.18. The Morgan fingerprint density at radius 2 is 2.29 bits per heavy atom. The predicted octanol–water partition coefficient (Wildman–Crippen LogP) is 3.71. The van der Waals surface area contributed by atoms with E-state index >= 15 is 0 Å². The fraction of sp³-hybridized carbons (Fsp3) is 0.600. The number of hydrogen-bond donors (Lipinski definition) is 1. The van der Waals surface area contributed by atoms with Crippen molar-refractivity contribution in [2.24, 2.45) is 5.92 Å². The fourth-order valence-corrected chi connectivity index (χ4v) is 2.99. The highest BCUT2D eigenvalue weighted by Crippen LogP contribution is 2.37. The third kappa shape index (κ3) is 2.68. The van der Waals surface area contributed by atoms with Crippen LogP contribution in [0.5, 0.6) is 0 Å². The highest BCUT2D eigenvalue weighted by molar-refractivity contribution is 5.40. The molecule has 0 aliphatic heterocycles. The average Bonchev–Trinajstić information content (AvgIpc) is 2.30. The minimum absolute atomic E-state index is 0.381. The summed E-state index contributed by atoms with van der Waals surface area (Å²) in [5.74, 6) is 0.381. The maximum absolute atomic E-state index is 13.1. The smallest absolute Gasteiger partial charge is 0.104 e. The van der Waals surface area contributed by atoms with Gasteiger partial charge in [0.25, 0.3) is 0 Å². The minimum Gasteiger partial charge on any atom is -0.388 e. The zero-order valence-electron chi connectivity index (χ0n) is 10.5. The maximum atomic E-state index is 13.1. The molecule has 3 atom stereocenters. The van der Waals surface area contributed by atoms with Crippen LogP contribution in [-0.2, 0) is 0 Å². The second-order valence-electron chi connectivity index (χ2n) is 5.25. The SMILES string of the molecule is C=CC1CC(C)=C(C2=CCC(F)CC2)[C@@H](O)C1. The third-order valence-electron chi connectivity index (χ3n) is 3.91. The Kier molecular flexibility index (Phi) is 3.82. The van der Waals surface area contributed by atoms with Crippen molar-refractivity contribution in [3.63, 3.8) is 0 Å². The van der Waals surface area contributed by atoms with E-state index in [4.69, 9.17) is 0 Å². The fourth-order valence-electron chi connectivity index (χ4n) is 2.99. The van der Waals surface area contributed by atoms with Gasteiger partial charge in [-0.2, -0.15) is 0 Å². The summed E-state index contributed by atoms with van der Waals surface area (Å²) in [6, 6.07) is 0. The lowest BCUT2D eigenvalue weighted by Crippen LogP contribution is -2.24. The maximum Gasteiger partial charge on any atom is 0.104 e. The number of alkyl halides is 1. The number of rotatable bonds is 2. The Bertz CT molecular complexity index is 367. The van der Waals surface area contributed by atoms with Crippen LogP contribution in [-0.4, -0.2) is 17.4 Å². The summed E-state index contributed by atoms with van der Waals surface area (Å²) in [6.45, 7) is 5.88. The lowest BCUT2D eigenvalue weighted by atomic mass is 9.77. The molecule has 0 fully saturated rings. The highest BCUT2D eigenvalue weighted by atomic mass is 19.1. The van der Waals surface area contributed by atoms with Crippen LogP contribution < -0.4 is 0 Å². The largest absolute Gasteiger partial charge is 0.388 e. The Morgan fingerprint density at radius 1 is 1.53 bits per heavy atom. The molecule has 0 aromatic carbocycles. The molecule has 17 heavy (non-hydrogen) atoms. The molecule has 94 valence electrons. The molecule has 2 aliphatic rings. The molecule has 1 nitrogen and oxygen atoms in total. The summed E-state index contributed by atoms with van der Waals surface area (Å²) in [7, 11) is 0. The standard InChI is InChI=1S/C15H21FO/c1-3-11-8-10(2)15(14(17)9-11)12-4-6-13(16)7-5-12/h3-4,11,13-14,17H,1,5-9H2,2H3/t11?,13?,14-/m0/s1. The van der Waals surface area contributed by atoms with Gasteiger partial charge >= 0.3 is 0 Å². The van der Waals surface area contributed by atoms with Crippen LogP contribution in [0.2, 0.25) is 0 Å². The van der Waals surface area contributed by atoms with Gasteiger partial charge in [0.2, 0.25) is 0 Å². The number of halogens is 1. The first-order valence-corrected chi connectivity index (χ1v) is 6.45. The molecule has 0 aromatic rings. The van der Waals surface area contributed by atoms with Gasteiger partial charge in [-0.15, -0.1) is 6.58 Å². The summed E-state index contributed by atoms with van der Waals surface area (Å²) in [4.78, 5) is 0. The van der Waals surface area contributed by atoms with Crippen LogP contribution in [0.3, 0.4) is 0 Å². The van der Waals surface area contributed by atoms with E-state index in [2.05, 4.69) is 13.5 Å². The zero-order valence-corrected chi connectivity index (χ0v) is 10.5. The molecule has 2 heteroatoms. The lowest BCUT2D eigenvalue weighted by molar-refractivity contribution is 0.174. The normalized spacial score (nSPS) is 34.5. The van der Waals surface area contributed by atoms with E-state index < -0.39 is 12.3 Å². The first-order valence-electron chi connectivity index (χ1n) is 6.45. The van der Waals surface area contributed by atoms with Gasteiger partial charge in [0.1, 0.15) is 6.17 Å². The molecular formula is C15H21FO. The summed E-state index contributed by atoms with van der Waals surface area (Å²) in [5.41, 5.74) is 3.50. The van der Waals surface area contributed by atoms with E-state index in [1.165, 1.54) is 11.1 Å². The van der Waals surface area contributed by atoms with Crippen molar-refractivity contribution >= 4 is 0 Å². The number of aliphatic hydroxyl groups is 1. The van der Waals surface area contributed by atoms with E-state index in [1.807, 2.05) is 12.2 Å². The van der Waals surface area contributed by atoms with E-state index in [0.29, 0.717) is 18.8 Å². The van der Waals surface area contributed by atoms with Gasteiger partial charge in [-0.05, 0) is 56.1 Å². The van der Waals surface area contributed by atoms with E-state index in [9.17, 15) is 9.50 Å². The van der Waals surface area contributed by atoms with Crippen molar-refractivity contribution < 1.29 is 9.50 Å². The molecule has 0 amide bonds. The summed E-state index contributed by atoms with van der Waals surface area (Å²) in [6.07, 6.45) is 6.42. The molecule has 2 aliphatic carbocycles. The number of hydrogen-bond acceptors (Lipinski definition) is 1. The van der Waals surface area contributed by atoms with Gasteiger partial charge in [-0.3, -0.25) is 0 Å². The molecular weight excluding hydrogens is 215 g/mol. The van der Waals surface area contributed by atoms with Gasteiger partial charge in [-0.1, -0.05) is 17.7 Å². The van der Waals surface area contributed by atoms with Crippen LogP contribution in [0.1, 0.15) is 39.0 Å². The van der Waals surface area contributed by atoms with Crippen molar-refractivity contribution in [1.29, 1.82) is 0 Å². The molecule has 0 saturated carbocycles. The first-order chi connectivity index (χ1) is 8.11. The average molecular weight is 236 g/mol. The van der Waals surface area contributed by atoms with Crippen LogP contribution in [0.4, 0.5) is 4.39 Å². The molecule has 0 saturated heterocycles. The van der Waals surface area contributed by atoms with Crippen LogP contribution in [0.15, 0.2) is 35.5 Å². The predicted molar refractivity (Wildman–Crippen MR) is 68.5 cm³/mol. The lowest BCUT2D eigenvalue weighted by Gasteiger charge is -2.31.